The fraction of sp³-hybridized carbons (Fsp3) is 0.333. The number of amides is 4. The van der Waals surface area contributed by atoms with Crippen LogP contribution in [0.15, 0.2) is 18.2 Å². The van der Waals surface area contributed by atoms with Gasteiger partial charge in [0, 0.05) is 6.42 Å². The van der Waals surface area contributed by atoms with Crippen LogP contribution in [0.4, 0.5) is 0 Å². The zero-order valence-electron chi connectivity index (χ0n) is 13.8. The van der Waals surface area contributed by atoms with Crippen LogP contribution in [0.3, 0.4) is 0 Å². The molecule has 2 aliphatic rings. The highest BCUT2D eigenvalue weighted by atomic mass is 16.5. The fourth-order valence-electron chi connectivity index (χ4n) is 2.89. The standard InChI is InChI=1S/C18H16N2O6/c1-2-7-25-8-9-26-11-3-4-12-13(10-11)18(24)20(17(12)23)14-5-6-15(21)19-16(14)22/h1,3-4,10,14H,5-9H2,(H,19,21,22). The van der Waals surface area contributed by atoms with E-state index in [1.807, 2.05) is 0 Å². The number of hydrogen-bond acceptors (Lipinski definition) is 6. The zero-order chi connectivity index (χ0) is 18.7. The highest BCUT2D eigenvalue weighted by Gasteiger charge is 2.44. The van der Waals surface area contributed by atoms with E-state index in [4.69, 9.17) is 15.9 Å². The Hall–Kier alpha value is -3.18. The summed E-state index contributed by atoms with van der Waals surface area (Å²) in [5, 5.41) is 2.15. The lowest BCUT2D eigenvalue weighted by molar-refractivity contribution is -0.136. The second-order valence-electron chi connectivity index (χ2n) is 5.76. The maximum Gasteiger partial charge on any atom is 0.262 e. The molecular formula is C18H16N2O6. The highest BCUT2D eigenvalue weighted by molar-refractivity contribution is 6.23. The van der Waals surface area contributed by atoms with Gasteiger partial charge in [0.2, 0.25) is 11.8 Å². The minimum Gasteiger partial charge on any atom is -0.491 e. The minimum atomic E-state index is -0.985. The topological polar surface area (TPSA) is 102 Å². The Bertz CT molecular complexity index is 825. The third-order valence-corrected chi connectivity index (χ3v) is 4.09. The van der Waals surface area contributed by atoms with Crippen molar-refractivity contribution in [2.75, 3.05) is 19.8 Å². The zero-order valence-corrected chi connectivity index (χ0v) is 13.8. The summed E-state index contributed by atoms with van der Waals surface area (Å²) in [6.45, 7) is 0.706. The van der Waals surface area contributed by atoms with E-state index < -0.39 is 29.7 Å². The molecule has 1 atom stereocenters. The summed E-state index contributed by atoms with van der Waals surface area (Å²) in [5.41, 5.74) is 0.373. The summed E-state index contributed by atoms with van der Waals surface area (Å²) in [4.78, 5) is 49.4. The molecule has 1 fully saturated rings. The monoisotopic (exact) mass is 356 g/mol. The van der Waals surface area contributed by atoms with Crippen LogP contribution in [-0.2, 0) is 14.3 Å². The average Bonchev–Trinajstić information content (AvgIpc) is 2.86. The maximum absolute atomic E-state index is 12.6. The van der Waals surface area contributed by atoms with Gasteiger partial charge in [-0.25, -0.2) is 0 Å². The van der Waals surface area contributed by atoms with Gasteiger partial charge in [-0.15, -0.1) is 6.42 Å². The van der Waals surface area contributed by atoms with Crippen LogP contribution in [0.1, 0.15) is 33.6 Å². The van der Waals surface area contributed by atoms with E-state index >= 15 is 0 Å². The SMILES string of the molecule is C#CCOCCOc1ccc2c(c1)C(=O)N(C1CCC(=O)NC1=O)C2=O. The molecule has 1 aromatic rings. The number of fused-ring (bicyclic) bond motifs is 1. The molecule has 0 aromatic heterocycles. The molecule has 0 radical (unpaired) electrons. The Morgan fingerprint density at radius 2 is 1.92 bits per heavy atom. The molecule has 3 rings (SSSR count). The van der Waals surface area contributed by atoms with Crippen molar-refractivity contribution in [3.63, 3.8) is 0 Å². The Balaban J connectivity index is 1.72. The first-order valence-electron chi connectivity index (χ1n) is 8.02. The lowest BCUT2D eigenvalue weighted by Crippen LogP contribution is -2.54. The Morgan fingerprint density at radius 3 is 2.65 bits per heavy atom. The van der Waals surface area contributed by atoms with Gasteiger partial charge in [0.25, 0.3) is 11.8 Å². The molecule has 1 saturated heterocycles. The lowest BCUT2D eigenvalue weighted by atomic mass is 10.0. The quantitative estimate of drug-likeness (QED) is 0.441. The normalized spacial score (nSPS) is 19.2. The van der Waals surface area contributed by atoms with Crippen molar-refractivity contribution in [1.29, 1.82) is 0 Å². The van der Waals surface area contributed by atoms with E-state index in [9.17, 15) is 19.2 Å². The number of imide groups is 2. The molecule has 1 N–H and O–H groups in total. The first kappa shape index (κ1) is 17.6. The van der Waals surface area contributed by atoms with Crippen molar-refractivity contribution in [2.45, 2.75) is 18.9 Å². The molecule has 8 heteroatoms. The second-order valence-corrected chi connectivity index (χ2v) is 5.76. The van der Waals surface area contributed by atoms with Crippen molar-refractivity contribution in [1.82, 2.24) is 10.2 Å². The molecule has 1 unspecified atom stereocenters. The molecule has 8 nitrogen and oxygen atoms in total. The van der Waals surface area contributed by atoms with Crippen LogP contribution >= 0.6 is 0 Å². The number of nitrogens with one attached hydrogen (secondary N) is 1. The smallest absolute Gasteiger partial charge is 0.262 e. The molecule has 4 amide bonds. The summed E-state index contributed by atoms with van der Waals surface area (Å²) in [5.74, 6) is 0.556. The molecule has 134 valence electrons. The molecule has 2 aliphatic heterocycles. The van der Waals surface area contributed by atoms with Crippen molar-refractivity contribution in [3.05, 3.63) is 29.3 Å². The van der Waals surface area contributed by atoms with Gasteiger partial charge in [-0.3, -0.25) is 29.4 Å². The van der Waals surface area contributed by atoms with E-state index in [1.165, 1.54) is 12.1 Å². The molecule has 0 saturated carbocycles. The van der Waals surface area contributed by atoms with Gasteiger partial charge >= 0.3 is 0 Å². The molecule has 0 bridgehead atoms. The van der Waals surface area contributed by atoms with Gasteiger partial charge in [-0.2, -0.15) is 0 Å². The van der Waals surface area contributed by atoms with Crippen LogP contribution in [0.25, 0.3) is 0 Å². The molecular weight excluding hydrogens is 340 g/mol. The molecule has 1 aromatic carbocycles. The van der Waals surface area contributed by atoms with Gasteiger partial charge < -0.3 is 9.47 Å². The number of carbonyl (C=O) groups is 4. The van der Waals surface area contributed by atoms with Gasteiger partial charge in [-0.05, 0) is 24.6 Å². The summed E-state index contributed by atoms with van der Waals surface area (Å²) >= 11 is 0. The van der Waals surface area contributed by atoms with E-state index in [2.05, 4.69) is 11.2 Å². The number of piperidine rings is 1. The first-order valence-corrected chi connectivity index (χ1v) is 8.02. The summed E-state index contributed by atoms with van der Waals surface area (Å²) in [6.07, 6.45) is 5.26. The second kappa shape index (κ2) is 7.37. The van der Waals surface area contributed by atoms with Crippen molar-refractivity contribution in [3.8, 4) is 18.1 Å². The molecule has 0 spiro atoms. The average molecular weight is 356 g/mol. The molecule has 26 heavy (non-hydrogen) atoms. The van der Waals surface area contributed by atoms with Crippen LogP contribution < -0.4 is 10.1 Å². The number of rotatable bonds is 6. The van der Waals surface area contributed by atoms with E-state index in [0.717, 1.165) is 4.90 Å². The Labute approximate surface area is 149 Å². The first-order chi connectivity index (χ1) is 12.5. The van der Waals surface area contributed by atoms with Crippen molar-refractivity contribution in [2.24, 2.45) is 0 Å². The van der Waals surface area contributed by atoms with E-state index in [-0.39, 0.29) is 43.8 Å². The van der Waals surface area contributed by atoms with Crippen LogP contribution in [0, 0.1) is 12.3 Å². The van der Waals surface area contributed by atoms with Gasteiger partial charge in [0.1, 0.15) is 25.0 Å². The summed E-state index contributed by atoms with van der Waals surface area (Å²) in [7, 11) is 0. The van der Waals surface area contributed by atoms with Crippen molar-refractivity contribution < 1.29 is 28.7 Å². The number of carbonyl (C=O) groups excluding carboxylic acids is 4. The molecule has 0 aliphatic carbocycles. The van der Waals surface area contributed by atoms with E-state index in [1.54, 1.807) is 6.07 Å². The van der Waals surface area contributed by atoms with Gasteiger partial charge in [0.05, 0.1) is 17.7 Å². The van der Waals surface area contributed by atoms with Crippen LogP contribution in [0.2, 0.25) is 0 Å². The number of nitrogens with zero attached hydrogens (tertiary/aromatic N) is 1. The summed E-state index contributed by atoms with van der Waals surface area (Å²) < 4.78 is 10.6. The van der Waals surface area contributed by atoms with E-state index in [0.29, 0.717) is 5.75 Å². The number of benzene rings is 1. The highest BCUT2D eigenvalue weighted by Crippen LogP contribution is 2.30. The Morgan fingerprint density at radius 1 is 1.15 bits per heavy atom. The maximum atomic E-state index is 12.6. The minimum absolute atomic E-state index is 0.0792. The van der Waals surface area contributed by atoms with Gasteiger partial charge in [-0.1, -0.05) is 5.92 Å². The Kier molecular flexibility index (Phi) is 5.00. The lowest BCUT2D eigenvalue weighted by Gasteiger charge is -2.27. The number of hydrogen-bond donors (Lipinski definition) is 1. The van der Waals surface area contributed by atoms with Gasteiger partial charge in [0.15, 0.2) is 0 Å². The third-order valence-electron chi connectivity index (χ3n) is 4.09. The number of ether oxygens (including phenoxy) is 2. The van der Waals surface area contributed by atoms with Crippen LogP contribution in [-0.4, -0.2) is 54.4 Å². The predicted octanol–water partition coefficient (Wildman–Crippen LogP) is 0.116. The fourth-order valence-corrected chi connectivity index (χ4v) is 2.89. The number of terminal acetylenes is 1. The van der Waals surface area contributed by atoms with Crippen LogP contribution in [0.5, 0.6) is 5.75 Å². The van der Waals surface area contributed by atoms with Crippen molar-refractivity contribution >= 4 is 23.6 Å². The third kappa shape index (κ3) is 3.30. The molecule has 2 heterocycles. The largest absolute Gasteiger partial charge is 0.491 e. The summed E-state index contributed by atoms with van der Waals surface area (Å²) in [6, 6.07) is 3.53. The predicted molar refractivity (Wildman–Crippen MR) is 88.3 cm³/mol.